The number of sulfone groups is 1. The van der Waals surface area contributed by atoms with Crippen LogP contribution in [0, 0.1) is 0 Å². The fourth-order valence-corrected chi connectivity index (χ4v) is 4.83. The number of halogens is 3. The number of aryl methyl sites for hydroxylation is 1. The number of rotatable bonds is 7. The molecule has 1 N–H and O–H groups in total. The summed E-state index contributed by atoms with van der Waals surface area (Å²) in [5.41, 5.74) is -3.71. The quantitative estimate of drug-likeness (QED) is 0.509. The summed E-state index contributed by atoms with van der Waals surface area (Å²) in [5, 5.41) is 1.65. The lowest BCUT2D eigenvalue weighted by Crippen LogP contribution is -2.23. The fraction of sp³-hybridized carbons (Fsp3) is 0.263. The number of pyridine rings is 2. The van der Waals surface area contributed by atoms with Crippen molar-refractivity contribution in [3.63, 3.8) is 0 Å². The SMILES string of the molecule is CCOC(=O)c1cc(-c2csc(CCS(=O)(=O)c3ccccn3)n2)c(=O)[nH]c1C(F)(F)F. The molecule has 0 saturated heterocycles. The largest absolute Gasteiger partial charge is 0.462 e. The molecule has 0 unspecified atom stereocenters. The Balaban J connectivity index is 1.90. The molecule has 13 heteroatoms. The van der Waals surface area contributed by atoms with E-state index in [2.05, 4.69) is 14.7 Å². The lowest BCUT2D eigenvalue weighted by Gasteiger charge is -2.12. The third-order valence-electron chi connectivity index (χ3n) is 4.19. The minimum absolute atomic E-state index is 0.00679. The number of ether oxygens (including phenoxy) is 1. The van der Waals surface area contributed by atoms with Crippen molar-refractivity contribution in [3.05, 3.63) is 62.5 Å². The molecule has 3 aromatic rings. The van der Waals surface area contributed by atoms with Crippen molar-refractivity contribution in [2.75, 3.05) is 12.4 Å². The van der Waals surface area contributed by atoms with Crippen LogP contribution in [0.4, 0.5) is 13.2 Å². The molecule has 0 radical (unpaired) electrons. The molecular weight excluding hydrogens is 471 g/mol. The van der Waals surface area contributed by atoms with Crippen LogP contribution < -0.4 is 5.56 Å². The molecule has 3 heterocycles. The number of thiazole rings is 1. The molecule has 0 amide bonds. The van der Waals surface area contributed by atoms with Crippen molar-refractivity contribution < 1.29 is 31.1 Å². The predicted octanol–water partition coefficient (Wildman–Crippen LogP) is 3.11. The molecule has 0 bridgehead atoms. The molecule has 3 rings (SSSR count). The highest BCUT2D eigenvalue weighted by molar-refractivity contribution is 7.91. The van der Waals surface area contributed by atoms with Gasteiger partial charge in [-0.25, -0.2) is 23.2 Å². The number of H-pyrrole nitrogens is 1. The Kier molecular flexibility index (Phi) is 6.79. The molecule has 0 aliphatic carbocycles. The van der Waals surface area contributed by atoms with E-state index in [1.807, 2.05) is 0 Å². The Hall–Kier alpha value is -3.06. The van der Waals surface area contributed by atoms with Gasteiger partial charge in [-0.1, -0.05) is 6.07 Å². The number of nitrogens with zero attached hydrogens (tertiary/aromatic N) is 2. The lowest BCUT2D eigenvalue weighted by molar-refractivity contribution is -0.141. The van der Waals surface area contributed by atoms with Crippen LogP contribution >= 0.6 is 11.3 Å². The first-order valence-corrected chi connectivity index (χ1v) is 11.7. The highest BCUT2D eigenvalue weighted by atomic mass is 32.2. The summed E-state index contributed by atoms with van der Waals surface area (Å²) in [6, 6.07) is 5.27. The van der Waals surface area contributed by atoms with Crippen molar-refractivity contribution in [3.8, 4) is 11.3 Å². The molecule has 0 saturated carbocycles. The van der Waals surface area contributed by atoms with Gasteiger partial charge in [0.05, 0.1) is 34.2 Å². The van der Waals surface area contributed by atoms with Gasteiger partial charge >= 0.3 is 12.1 Å². The monoisotopic (exact) mass is 487 g/mol. The maximum absolute atomic E-state index is 13.3. The fourth-order valence-electron chi connectivity index (χ4n) is 2.72. The third kappa shape index (κ3) is 5.22. The smallest absolute Gasteiger partial charge is 0.432 e. The van der Waals surface area contributed by atoms with Gasteiger partial charge in [0, 0.05) is 18.0 Å². The molecule has 0 aliphatic rings. The predicted molar refractivity (Wildman–Crippen MR) is 109 cm³/mol. The number of aromatic nitrogens is 3. The Morgan fingerprint density at radius 3 is 2.66 bits per heavy atom. The van der Waals surface area contributed by atoms with Crippen molar-refractivity contribution in [1.29, 1.82) is 0 Å². The number of hydrogen-bond donors (Lipinski definition) is 1. The van der Waals surface area contributed by atoms with Crippen molar-refractivity contribution in [2.45, 2.75) is 24.5 Å². The van der Waals surface area contributed by atoms with Gasteiger partial charge in [0.15, 0.2) is 14.9 Å². The van der Waals surface area contributed by atoms with E-state index in [0.717, 1.165) is 17.4 Å². The zero-order chi connectivity index (χ0) is 23.5. The summed E-state index contributed by atoms with van der Waals surface area (Å²) in [4.78, 5) is 34.0. The summed E-state index contributed by atoms with van der Waals surface area (Å²) in [5.74, 6) is -1.54. The van der Waals surface area contributed by atoms with E-state index >= 15 is 0 Å². The highest BCUT2D eigenvalue weighted by Gasteiger charge is 2.38. The van der Waals surface area contributed by atoms with Crippen molar-refractivity contribution in [2.24, 2.45) is 0 Å². The van der Waals surface area contributed by atoms with Gasteiger partial charge in [0.25, 0.3) is 5.56 Å². The van der Waals surface area contributed by atoms with Gasteiger partial charge in [-0.2, -0.15) is 13.2 Å². The van der Waals surface area contributed by atoms with E-state index in [4.69, 9.17) is 0 Å². The summed E-state index contributed by atoms with van der Waals surface area (Å²) in [7, 11) is -3.67. The minimum Gasteiger partial charge on any atom is -0.462 e. The standard InChI is InChI=1S/C19H16F3N3O5S2/c1-2-30-18(27)12-9-11(17(26)25-16(12)19(20,21)22)13-10-31-14(24-13)6-8-32(28,29)15-5-3-4-7-23-15/h3-5,7,9-10H,2,6,8H2,1H3,(H,25,26). The number of carbonyl (C=O) groups is 1. The second kappa shape index (κ2) is 9.20. The van der Waals surface area contributed by atoms with E-state index in [1.54, 1.807) is 17.1 Å². The van der Waals surface area contributed by atoms with Crippen LogP contribution in [-0.4, -0.2) is 41.7 Å². The average Bonchev–Trinajstić information content (AvgIpc) is 3.21. The Morgan fingerprint density at radius 2 is 2.03 bits per heavy atom. The normalized spacial score (nSPS) is 12.0. The van der Waals surface area contributed by atoms with Gasteiger partial charge < -0.3 is 9.72 Å². The maximum atomic E-state index is 13.3. The Labute approximate surface area is 184 Å². The van der Waals surface area contributed by atoms with Crippen LogP contribution in [0.25, 0.3) is 11.3 Å². The van der Waals surface area contributed by atoms with E-state index in [1.165, 1.54) is 24.6 Å². The summed E-state index contributed by atoms with van der Waals surface area (Å²) in [6.45, 7) is 1.28. The van der Waals surface area contributed by atoms with Crippen molar-refractivity contribution >= 4 is 27.1 Å². The Bertz CT molecular complexity index is 1290. The molecule has 8 nitrogen and oxygen atoms in total. The highest BCUT2D eigenvalue weighted by Crippen LogP contribution is 2.32. The van der Waals surface area contributed by atoms with E-state index in [0.29, 0.717) is 5.01 Å². The number of alkyl halides is 3. The van der Waals surface area contributed by atoms with E-state index < -0.39 is 38.8 Å². The van der Waals surface area contributed by atoms with Crippen LogP contribution in [0.5, 0.6) is 0 Å². The molecule has 0 aliphatic heterocycles. The molecule has 0 spiro atoms. The molecule has 0 aromatic carbocycles. The topological polar surface area (TPSA) is 119 Å². The zero-order valence-corrected chi connectivity index (χ0v) is 18.1. The van der Waals surface area contributed by atoms with Crippen molar-refractivity contribution in [1.82, 2.24) is 15.0 Å². The van der Waals surface area contributed by atoms with Crippen LogP contribution in [-0.2, 0) is 27.2 Å². The lowest BCUT2D eigenvalue weighted by atomic mass is 10.1. The third-order valence-corrected chi connectivity index (χ3v) is 6.72. The summed E-state index contributed by atoms with van der Waals surface area (Å²) < 4.78 is 69.2. The summed E-state index contributed by atoms with van der Waals surface area (Å²) >= 11 is 1.04. The van der Waals surface area contributed by atoms with Crippen LogP contribution in [0.1, 0.15) is 28.0 Å². The molecule has 0 fully saturated rings. The molecule has 3 aromatic heterocycles. The van der Waals surface area contributed by atoms with Gasteiger partial charge in [-0.15, -0.1) is 11.3 Å². The van der Waals surface area contributed by atoms with Gasteiger partial charge in [-0.05, 0) is 25.1 Å². The number of nitrogens with one attached hydrogen (secondary N) is 1. The van der Waals surface area contributed by atoms with Crippen LogP contribution in [0.3, 0.4) is 0 Å². The minimum atomic E-state index is -4.98. The van der Waals surface area contributed by atoms with E-state index in [9.17, 15) is 31.2 Å². The van der Waals surface area contributed by atoms with E-state index in [-0.39, 0.29) is 35.1 Å². The number of esters is 1. The molecule has 0 atom stereocenters. The maximum Gasteiger partial charge on any atom is 0.432 e. The average molecular weight is 487 g/mol. The van der Waals surface area contributed by atoms with Crippen LogP contribution in [0.2, 0.25) is 0 Å². The number of aromatic amines is 1. The Morgan fingerprint density at radius 1 is 1.28 bits per heavy atom. The first-order valence-electron chi connectivity index (χ1n) is 9.13. The zero-order valence-electron chi connectivity index (χ0n) is 16.5. The molecular formula is C19H16F3N3O5S2. The van der Waals surface area contributed by atoms with Gasteiger partial charge in [0.2, 0.25) is 0 Å². The summed E-state index contributed by atoms with van der Waals surface area (Å²) in [6.07, 6.45) is -3.62. The first kappa shape index (κ1) is 23.6. The number of carbonyl (C=O) groups excluding carboxylic acids is 1. The second-order valence-corrected chi connectivity index (χ2v) is 9.38. The second-order valence-electron chi connectivity index (χ2n) is 6.38. The molecule has 32 heavy (non-hydrogen) atoms. The van der Waals surface area contributed by atoms with Crippen LogP contribution in [0.15, 0.2) is 45.7 Å². The molecule has 170 valence electrons. The first-order chi connectivity index (χ1) is 15.0. The van der Waals surface area contributed by atoms with Gasteiger partial charge in [0.1, 0.15) is 5.69 Å². The number of hydrogen-bond acceptors (Lipinski definition) is 8. The van der Waals surface area contributed by atoms with Gasteiger partial charge in [-0.3, -0.25) is 4.79 Å².